The van der Waals surface area contributed by atoms with Crippen LogP contribution < -0.4 is 10.6 Å². The van der Waals surface area contributed by atoms with Crippen molar-refractivity contribution in [2.24, 2.45) is 13.0 Å². The third-order valence-corrected chi connectivity index (χ3v) is 5.58. The van der Waals surface area contributed by atoms with Gasteiger partial charge in [0, 0.05) is 18.1 Å². The van der Waals surface area contributed by atoms with E-state index in [1.165, 1.54) is 11.6 Å². The van der Waals surface area contributed by atoms with Gasteiger partial charge < -0.3 is 10.6 Å². The summed E-state index contributed by atoms with van der Waals surface area (Å²) in [5, 5.41) is 22.2. The molecule has 0 spiro atoms. The number of anilines is 1. The molecule has 1 unspecified atom stereocenters. The zero-order chi connectivity index (χ0) is 23.6. The highest BCUT2D eigenvalue weighted by Gasteiger charge is 2.23. The molecule has 2 N–H and O–H groups in total. The first-order chi connectivity index (χ1) is 15.1. The van der Waals surface area contributed by atoms with Gasteiger partial charge in [-0.05, 0) is 42.5 Å². The minimum absolute atomic E-state index is 0.160. The van der Waals surface area contributed by atoms with Crippen LogP contribution in [0.3, 0.4) is 0 Å². The first kappa shape index (κ1) is 23.8. The normalized spacial score (nSPS) is 13.0. The maximum atomic E-state index is 9.35. The molecule has 0 aliphatic rings. The van der Waals surface area contributed by atoms with Crippen LogP contribution in [-0.2, 0) is 7.05 Å². The van der Waals surface area contributed by atoms with Crippen molar-refractivity contribution in [3.8, 4) is 6.07 Å². The van der Waals surface area contributed by atoms with Gasteiger partial charge in [0.2, 0.25) is 0 Å². The van der Waals surface area contributed by atoms with Gasteiger partial charge >= 0.3 is 0 Å². The van der Waals surface area contributed by atoms with Crippen LogP contribution in [0, 0.1) is 24.2 Å². The monoisotopic (exact) mass is 471 g/mol. The van der Waals surface area contributed by atoms with E-state index >= 15 is 0 Å². The lowest BCUT2D eigenvalue weighted by atomic mass is 9.94. The number of allylic oxidation sites excluding steroid dienone is 1. The van der Waals surface area contributed by atoms with Crippen LogP contribution in [0.1, 0.15) is 56.6 Å². The van der Waals surface area contributed by atoms with Crippen molar-refractivity contribution < 1.29 is 0 Å². The molecule has 3 heterocycles. The number of aromatic nitrogens is 4. The van der Waals surface area contributed by atoms with E-state index in [1.54, 1.807) is 12.1 Å². The fourth-order valence-electron chi connectivity index (χ4n) is 3.73. The molecular formula is C23H27Cl2N7. The van der Waals surface area contributed by atoms with E-state index in [4.69, 9.17) is 28.2 Å². The number of hydrogen-bond acceptors (Lipinski definition) is 6. The Morgan fingerprint density at radius 3 is 2.34 bits per heavy atom. The second kappa shape index (κ2) is 9.76. The topological polar surface area (TPSA) is 91.5 Å². The van der Waals surface area contributed by atoms with Crippen molar-refractivity contribution in [2.75, 3.05) is 5.32 Å². The molecule has 168 valence electrons. The molecule has 3 aromatic rings. The summed E-state index contributed by atoms with van der Waals surface area (Å²) < 4.78 is 1.82. The largest absolute Gasteiger partial charge is 0.362 e. The molecule has 7 nitrogen and oxygen atoms in total. The molecule has 1 atom stereocenters. The van der Waals surface area contributed by atoms with E-state index in [9.17, 15) is 5.26 Å². The number of fused-ring (bicyclic) bond motifs is 1. The second-order valence-electron chi connectivity index (χ2n) is 8.38. The average Bonchev–Trinajstić information content (AvgIpc) is 2.98. The molecule has 3 aromatic heterocycles. The minimum Gasteiger partial charge on any atom is -0.362 e. The summed E-state index contributed by atoms with van der Waals surface area (Å²) in [6.45, 7) is 10.6. The van der Waals surface area contributed by atoms with Crippen LogP contribution in [0.15, 0.2) is 30.1 Å². The number of aryl methyl sites for hydroxylation is 2. The van der Waals surface area contributed by atoms with Crippen LogP contribution in [0.25, 0.3) is 11.0 Å². The standard InChI is InChI=1S/C23H27Cl2N7/c1-12(2)16-11-17(28-23-21(16)14(5)31-32(23)6)22(13(3)4)30-20(7-8-26)27-15-9-18(24)29-19(25)10-15/h7,9-13,22,30H,1-6H3,(H,27,29)/b20-7-. The SMILES string of the molecule is Cc1nn(C)c2nc(C(N/C(=C\C#N)Nc3cc(Cl)nc(Cl)c3)C(C)C)cc(C(C)C)c12. The second-order valence-corrected chi connectivity index (χ2v) is 9.15. The lowest BCUT2D eigenvalue weighted by Gasteiger charge is -2.26. The fraction of sp³-hybridized carbons (Fsp3) is 0.391. The molecule has 0 aliphatic carbocycles. The summed E-state index contributed by atoms with van der Waals surface area (Å²) >= 11 is 12.0. The van der Waals surface area contributed by atoms with E-state index in [0.29, 0.717) is 17.4 Å². The summed E-state index contributed by atoms with van der Waals surface area (Å²) in [5.74, 6) is 1.00. The number of nitriles is 1. The first-order valence-corrected chi connectivity index (χ1v) is 11.2. The smallest absolute Gasteiger partial charge is 0.158 e. The van der Waals surface area contributed by atoms with Gasteiger partial charge in [0.15, 0.2) is 5.65 Å². The van der Waals surface area contributed by atoms with E-state index < -0.39 is 0 Å². The van der Waals surface area contributed by atoms with Gasteiger partial charge in [-0.25, -0.2) is 9.97 Å². The quantitative estimate of drug-likeness (QED) is 0.330. The molecule has 0 saturated carbocycles. The average molecular weight is 472 g/mol. The molecule has 32 heavy (non-hydrogen) atoms. The highest BCUT2D eigenvalue weighted by molar-refractivity contribution is 6.32. The number of rotatable bonds is 7. The Morgan fingerprint density at radius 2 is 1.78 bits per heavy atom. The lowest BCUT2D eigenvalue weighted by Crippen LogP contribution is -2.29. The Bertz CT molecular complexity index is 1190. The van der Waals surface area contributed by atoms with Crippen molar-refractivity contribution >= 4 is 39.9 Å². The molecule has 0 amide bonds. The highest BCUT2D eigenvalue weighted by Crippen LogP contribution is 2.32. The molecule has 0 aromatic carbocycles. The minimum atomic E-state index is -0.160. The number of halogens is 2. The van der Waals surface area contributed by atoms with Crippen LogP contribution in [0.2, 0.25) is 10.3 Å². The van der Waals surface area contributed by atoms with Gasteiger partial charge in [-0.3, -0.25) is 4.68 Å². The van der Waals surface area contributed by atoms with E-state index in [2.05, 4.69) is 60.5 Å². The van der Waals surface area contributed by atoms with Crippen molar-refractivity contribution in [3.05, 3.63) is 57.4 Å². The number of pyridine rings is 2. The molecular weight excluding hydrogens is 445 g/mol. The Labute approximate surface area is 198 Å². The predicted molar refractivity (Wildman–Crippen MR) is 130 cm³/mol. The van der Waals surface area contributed by atoms with Crippen LogP contribution in [0.4, 0.5) is 5.69 Å². The molecule has 0 saturated heterocycles. The highest BCUT2D eigenvalue weighted by atomic mass is 35.5. The van der Waals surface area contributed by atoms with Gasteiger partial charge in [0.25, 0.3) is 0 Å². The Hall–Kier alpha value is -2.82. The van der Waals surface area contributed by atoms with Crippen molar-refractivity contribution in [1.82, 2.24) is 25.1 Å². The number of nitrogens with one attached hydrogen (secondary N) is 2. The van der Waals surface area contributed by atoms with Crippen LogP contribution >= 0.6 is 23.2 Å². The number of nitrogens with zero attached hydrogens (tertiary/aromatic N) is 5. The zero-order valence-electron chi connectivity index (χ0n) is 19.0. The Morgan fingerprint density at radius 1 is 1.12 bits per heavy atom. The molecule has 3 rings (SSSR count). The molecule has 0 bridgehead atoms. The van der Waals surface area contributed by atoms with Crippen molar-refractivity contribution in [1.29, 1.82) is 5.26 Å². The Balaban J connectivity index is 2.03. The van der Waals surface area contributed by atoms with E-state index in [1.807, 2.05) is 18.7 Å². The first-order valence-electron chi connectivity index (χ1n) is 10.4. The van der Waals surface area contributed by atoms with Crippen molar-refractivity contribution in [3.63, 3.8) is 0 Å². The van der Waals surface area contributed by atoms with Crippen molar-refractivity contribution in [2.45, 2.75) is 46.6 Å². The van der Waals surface area contributed by atoms with Crippen LogP contribution in [0.5, 0.6) is 0 Å². The summed E-state index contributed by atoms with van der Waals surface area (Å²) in [5.41, 5.74) is 4.53. The summed E-state index contributed by atoms with van der Waals surface area (Å²) in [6, 6.07) is 7.35. The maximum absolute atomic E-state index is 9.35. The van der Waals surface area contributed by atoms with Gasteiger partial charge in [-0.15, -0.1) is 0 Å². The third-order valence-electron chi connectivity index (χ3n) is 5.19. The lowest BCUT2D eigenvalue weighted by molar-refractivity contribution is 0.438. The predicted octanol–water partition coefficient (Wildman–Crippen LogP) is 5.87. The number of hydrogen-bond donors (Lipinski definition) is 2. The summed E-state index contributed by atoms with van der Waals surface area (Å²) in [4.78, 5) is 8.91. The molecule has 9 heteroatoms. The summed E-state index contributed by atoms with van der Waals surface area (Å²) in [7, 11) is 1.91. The fourth-order valence-corrected chi connectivity index (χ4v) is 4.19. The third kappa shape index (κ3) is 5.14. The van der Waals surface area contributed by atoms with Gasteiger partial charge in [0.1, 0.15) is 16.1 Å². The molecule has 0 radical (unpaired) electrons. The summed E-state index contributed by atoms with van der Waals surface area (Å²) in [6.07, 6.45) is 1.41. The molecule has 0 fully saturated rings. The van der Waals surface area contributed by atoms with Gasteiger partial charge in [-0.1, -0.05) is 50.9 Å². The van der Waals surface area contributed by atoms with E-state index in [0.717, 1.165) is 22.4 Å². The van der Waals surface area contributed by atoms with Crippen LogP contribution in [-0.4, -0.2) is 19.7 Å². The van der Waals surface area contributed by atoms with Gasteiger partial charge in [0.05, 0.1) is 29.6 Å². The Kier molecular flexibility index (Phi) is 7.27. The maximum Gasteiger partial charge on any atom is 0.158 e. The van der Waals surface area contributed by atoms with E-state index in [-0.39, 0.29) is 22.3 Å². The molecule has 0 aliphatic heterocycles. The van der Waals surface area contributed by atoms with Gasteiger partial charge in [-0.2, -0.15) is 10.4 Å². The zero-order valence-corrected chi connectivity index (χ0v) is 20.5.